The van der Waals surface area contributed by atoms with E-state index in [1.165, 1.54) is 23.1 Å². The maximum atomic E-state index is 4.64. The van der Waals surface area contributed by atoms with Gasteiger partial charge in [-0.25, -0.2) is 0 Å². The van der Waals surface area contributed by atoms with Gasteiger partial charge in [0.05, 0.1) is 0 Å². The molecule has 3 aromatic rings. The van der Waals surface area contributed by atoms with Gasteiger partial charge in [0, 0.05) is 6.38 Å². The molecule has 0 N–H and O–H groups in total. The van der Waals surface area contributed by atoms with Gasteiger partial charge in [-0.3, -0.25) is 0 Å². The highest BCUT2D eigenvalue weighted by Crippen LogP contribution is 1.99. The summed E-state index contributed by atoms with van der Waals surface area (Å²) in [4.78, 5) is 0. The van der Waals surface area contributed by atoms with Gasteiger partial charge < -0.3 is 0 Å². The number of halogens is 1. The van der Waals surface area contributed by atoms with Crippen LogP contribution in [0.5, 0.6) is 0 Å². The molecule has 3 aromatic carbocycles. The lowest BCUT2D eigenvalue weighted by molar-refractivity contribution is 1.28. The first kappa shape index (κ1) is 26.2. The Kier molecular flexibility index (Phi) is 18.0. The van der Waals surface area contributed by atoms with Gasteiger partial charge in [0.25, 0.3) is 0 Å². The van der Waals surface area contributed by atoms with Crippen molar-refractivity contribution in [2.45, 2.75) is 19.3 Å². The van der Waals surface area contributed by atoms with E-state index in [0.717, 1.165) is 19.3 Å². The van der Waals surface area contributed by atoms with Crippen LogP contribution in [0.2, 0.25) is 0 Å². The second-order valence-electron chi connectivity index (χ2n) is 5.94. The van der Waals surface area contributed by atoms with Crippen molar-refractivity contribution in [2.75, 3.05) is 6.38 Å². The Hall–Kier alpha value is -2.83. The van der Waals surface area contributed by atoms with E-state index in [9.17, 15) is 0 Å². The molecule has 0 aliphatic carbocycles. The first-order chi connectivity index (χ1) is 14.3. The van der Waals surface area contributed by atoms with Gasteiger partial charge in [-0.15, -0.1) is 31.3 Å². The van der Waals surface area contributed by atoms with Crippen LogP contribution in [-0.4, -0.2) is 6.38 Å². The maximum Gasteiger partial charge on any atom is 0.0108 e. The predicted octanol–water partition coefficient (Wildman–Crippen LogP) is 8.10. The summed E-state index contributed by atoms with van der Waals surface area (Å²) in [5.74, 6) is 0. The molecule has 0 radical (unpaired) electrons. The van der Waals surface area contributed by atoms with Crippen molar-refractivity contribution in [1.29, 1.82) is 0 Å². The molecule has 29 heavy (non-hydrogen) atoms. The predicted molar refractivity (Wildman–Crippen MR) is 133 cm³/mol. The lowest BCUT2D eigenvalue weighted by atomic mass is 10.2. The van der Waals surface area contributed by atoms with E-state index >= 15 is 0 Å². The zero-order valence-electron chi connectivity index (χ0n) is 17.5. The van der Waals surface area contributed by atoms with Gasteiger partial charge in [0.1, 0.15) is 0 Å². The molecule has 0 atom stereocenters. The summed E-state index contributed by atoms with van der Waals surface area (Å²) in [6, 6.07) is 30.9. The average molecular weight is 405 g/mol. The standard InChI is InChI=1S/3C9H10.CH3Cl/c3*1-2-6-9-7-4-3-5-8-9;1-2/h3*2-5,7-8H,1,6H2;1H3. The second-order valence-corrected chi connectivity index (χ2v) is 5.94. The quantitative estimate of drug-likeness (QED) is 0.287. The van der Waals surface area contributed by atoms with Crippen LogP contribution in [0.4, 0.5) is 0 Å². The Bertz CT molecular complexity index is 638. The topological polar surface area (TPSA) is 0 Å². The molecule has 0 bridgehead atoms. The Balaban J connectivity index is 0.000000388. The second kappa shape index (κ2) is 19.9. The maximum absolute atomic E-state index is 4.64. The molecule has 152 valence electrons. The highest BCUT2D eigenvalue weighted by atomic mass is 35.5. The van der Waals surface area contributed by atoms with Crippen molar-refractivity contribution >= 4 is 11.6 Å². The molecule has 0 aliphatic heterocycles. The highest BCUT2D eigenvalue weighted by Gasteiger charge is 1.83. The SMILES string of the molecule is C=CCc1ccccc1.C=CCc1ccccc1.C=CCc1ccccc1.CCl. The van der Waals surface area contributed by atoms with E-state index in [2.05, 4.69) is 67.7 Å². The van der Waals surface area contributed by atoms with Crippen molar-refractivity contribution in [3.05, 3.63) is 146 Å². The van der Waals surface area contributed by atoms with Crippen molar-refractivity contribution < 1.29 is 0 Å². The number of benzene rings is 3. The van der Waals surface area contributed by atoms with Crippen molar-refractivity contribution in [3.8, 4) is 0 Å². The number of hydrogen-bond acceptors (Lipinski definition) is 0. The van der Waals surface area contributed by atoms with Crippen LogP contribution in [0.1, 0.15) is 16.7 Å². The largest absolute Gasteiger partial charge is 0.130 e. The molecule has 0 aromatic heterocycles. The van der Waals surface area contributed by atoms with Crippen molar-refractivity contribution in [1.82, 2.24) is 0 Å². The molecule has 0 spiro atoms. The van der Waals surface area contributed by atoms with Crippen LogP contribution in [0.3, 0.4) is 0 Å². The van der Waals surface area contributed by atoms with E-state index in [-0.39, 0.29) is 0 Å². The van der Waals surface area contributed by atoms with E-state index in [4.69, 9.17) is 0 Å². The minimum Gasteiger partial charge on any atom is -0.130 e. The number of hydrogen-bond donors (Lipinski definition) is 0. The summed E-state index contributed by atoms with van der Waals surface area (Å²) in [6.07, 6.45) is 10.1. The number of allylic oxidation sites excluding steroid dienone is 3. The normalized spacial score (nSPS) is 8.48. The van der Waals surface area contributed by atoms with Crippen molar-refractivity contribution in [2.24, 2.45) is 0 Å². The summed E-state index contributed by atoms with van der Waals surface area (Å²) in [7, 11) is 0. The molecule has 0 saturated carbocycles. The molecule has 0 saturated heterocycles. The molecular weight excluding hydrogens is 372 g/mol. The first-order valence-corrected chi connectivity index (χ1v) is 10.4. The smallest absolute Gasteiger partial charge is 0.0108 e. The van der Waals surface area contributed by atoms with Crippen LogP contribution in [0.25, 0.3) is 0 Å². The van der Waals surface area contributed by atoms with Crippen LogP contribution in [0, 0.1) is 0 Å². The van der Waals surface area contributed by atoms with Crippen LogP contribution >= 0.6 is 11.6 Å². The molecule has 0 nitrogen and oxygen atoms in total. The minimum atomic E-state index is 0.973. The van der Waals surface area contributed by atoms with Gasteiger partial charge >= 0.3 is 0 Å². The Morgan fingerprint density at radius 2 is 0.690 bits per heavy atom. The molecular formula is C28H33Cl. The molecule has 3 rings (SSSR count). The zero-order valence-corrected chi connectivity index (χ0v) is 18.3. The lowest BCUT2D eigenvalue weighted by Gasteiger charge is -1.91. The Morgan fingerprint density at radius 3 is 0.862 bits per heavy atom. The fourth-order valence-electron chi connectivity index (χ4n) is 2.34. The van der Waals surface area contributed by atoms with E-state index in [0.29, 0.717) is 0 Å². The van der Waals surface area contributed by atoms with Crippen LogP contribution in [-0.2, 0) is 19.3 Å². The third-order valence-electron chi connectivity index (χ3n) is 3.67. The monoisotopic (exact) mass is 404 g/mol. The zero-order chi connectivity index (χ0) is 21.6. The van der Waals surface area contributed by atoms with Crippen LogP contribution < -0.4 is 0 Å². The molecule has 0 heterocycles. The minimum absolute atomic E-state index is 0.973. The van der Waals surface area contributed by atoms with Gasteiger partial charge in [0.2, 0.25) is 0 Å². The third-order valence-corrected chi connectivity index (χ3v) is 3.67. The lowest BCUT2D eigenvalue weighted by Crippen LogP contribution is -1.75. The number of alkyl halides is 1. The summed E-state index contributed by atoms with van der Waals surface area (Å²) >= 11 is 4.64. The third kappa shape index (κ3) is 14.8. The Morgan fingerprint density at radius 1 is 0.483 bits per heavy atom. The fourth-order valence-corrected chi connectivity index (χ4v) is 2.34. The molecule has 0 fully saturated rings. The molecule has 0 unspecified atom stereocenters. The first-order valence-electron chi connectivity index (χ1n) is 9.62. The molecule has 0 aliphatic rings. The summed E-state index contributed by atoms with van der Waals surface area (Å²) in [6.45, 7) is 11.0. The highest BCUT2D eigenvalue weighted by molar-refractivity contribution is 6.15. The van der Waals surface area contributed by atoms with E-state index in [1.54, 1.807) is 0 Å². The Labute approximate surface area is 182 Å². The van der Waals surface area contributed by atoms with Gasteiger partial charge in [0.15, 0.2) is 0 Å². The van der Waals surface area contributed by atoms with Crippen molar-refractivity contribution in [3.63, 3.8) is 0 Å². The fraction of sp³-hybridized carbons (Fsp3) is 0.143. The van der Waals surface area contributed by atoms with Gasteiger partial charge in [-0.2, -0.15) is 0 Å². The van der Waals surface area contributed by atoms with Gasteiger partial charge in [-0.1, -0.05) is 109 Å². The van der Waals surface area contributed by atoms with Gasteiger partial charge in [-0.05, 0) is 36.0 Å². The number of rotatable bonds is 6. The summed E-state index contributed by atoms with van der Waals surface area (Å²) < 4.78 is 0. The average Bonchev–Trinajstić information content (AvgIpc) is 2.79. The van der Waals surface area contributed by atoms with E-state index < -0.39 is 0 Å². The molecule has 1 heteroatoms. The molecule has 0 amide bonds. The summed E-state index contributed by atoms with van der Waals surface area (Å²) in [5, 5.41) is 0. The van der Waals surface area contributed by atoms with Crippen LogP contribution in [0.15, 0.2) is 129 Å². The van der Waals surface area contributed by atoms with E-state index in [1.807, 2.05) is 72.8 Å². The summed E-state index contributed by atoms with van der Waals surface area (Å²) in [5.41, 5.74) is 3.98.